The van der Waals surface area contributed by atoms with E-state index in [0.29, 0.717) is 6.04 Å². The minimum atomic E-state index is 0.105. The van der Waals surface area contributed by atoms with E-state index in [9.17, 15) is 0 Å². The molecule has 98 valence electrons. The molecule has 0 spiro atoms. The number of nitrogens with two attached hydrogens (primary N) is 1. The lowest BCUT2D eigenvalue weighted by atomic mass is 10.1. The van der Waals surface area contributed by atoms with Gasteiger partial charge < -0.3 is 10.6 Å². The van der Waals surface area contributed by atoms with E-state index in [1.165, 1.54) is 18.4 Å². The second-order valence-electron chi connectivity index (χ2n) is 4.80. The Bertz CT molecular complexity index is 575. The molecule has 0 amide bonds. The number of aromatic nitrogens is 1. The van der Waals surface area contributed by atoms with Crippen LogP contribution in [0.1, 0.15) is 24.0 Å². The van der Waals surface area contributed by atoms with Crippen LogP contribution < -0.4 is 10.6 Å². The maximum atomic E-state index is 7.71. The Labute approximate surface area is 116 Å². The first kappa shape index (κ1) is 12.2. The molecule has 0 aromatic carbocycles. The van der Waals surface area contributed by atoms with E-state index in [1.54, 1.807) is 17.5 Å². The standard InChI is InChI=1S/C14H16N4S/c15-14(16)12-3-5-17-7-13(12)18(11-1-2-11)8-10-4-6-19-9-10/h3-7,9,11H,1-2,8H2,(H3,15,16). The number of hydrogen-bond acceptors (Lipinski definition) is 4. The average Bonchev–Trinajstić information content (AvgIpc) is 3.13. The van der Waals surface area contributed by atoms with Crippen molar-refractivity contribution in [3.63, 3.8) is 0 Å². The first-order chi connectivity index (χ1) is 9.25. The quantitative estimate of drug-likeness (QED) is 0.649. The van der Waals surface area contributed by atoms with Gasteiger partial charge in [-0.25, -0.2) is 0 Å². The molecule has 1 fully saturated rings. The highest BCUT2D eigenvalue weighted by atomic mass is 32.1. The summed E-state index contributed by atoms with van der Waals surface area (Å²) in [5.74, 6) is 0.105. The molecule has 4 nitrogen and oxygen atoms in total. The largest absolute Gasteiger partial charge is 0.384 e. The van der Waals surface area contributed by atoms with Gasteiger partial charge in [-0.2, -0.15) is 11.3 Å². The Hall–Kier alpha value is -1.88. The minimum absolute atomic E-state index is 0.105. The number of thiophene rings is 1. The third-order valence-corrected chi connectivity index (χ3v) is 4.05. The number of anilines is 1. The predicted molar refractivity (Wildman–Crippen MR) is 78.8 cm³/mol. The first-order valence-corrected chi connectivity index (χ1v) is 7.26. The summed E-state index contributed by atoms with van der Waals surface area (Å²) in [6.07, 6.45) is 5.92. The van der Waals surface area contributed by atoms with Crippen molar-refractivity contribution in [2.24, 2.45) is 5.73 Å². The molecule has 0 atom stereocenters. The van der Waals surface area contributed by atoms with Gasteiger partial charge >= 0.3 is 0 Å². The molecule has 0 aliphatic heterocycles. The van der Waals surface area contributed by atoms with Gasteiger partial charge in [0.25, 0.3) is 0 Å². The summed E-state index contributed by atoms with van der Waals surface area (Å²) in [6.45, 7) is 0.861. The predicted octanol–water partition coefficient (Wildman–Crippen LogP) is 2.60. The van der Waals surface area contributed by atoms with Gasteiger partial charge in [-0.05, 0) is 41.3 Å². The fourth-order valence-corrected chi connectivity index (χ4v) is 2.88. The average molecular weight is 272 g/mol. The highest BCUT2D eigenvalue weighted by molar-refractivity contribution is 7.07. The van der Waals surface area contributed by atoms with Gasteiger partial charge in [0.15, 0.2) is 0 Å². The number of nitrogens with zero attached hydrogens (tertiary/aromatic N) is 2. The summed E-state index contributed by atoms with van der Waals surface area (Å²) < 4.78 is 0. The summed E-state index contributed by atoms with van der Waals surface area (Å²) in [4.78, 5) is 6.52. The van der Waals surface area contributed by atoms with Crippen molar-refractivity contribution in [3.05, 3.63) is 46.4 Å². The van der Waals surface area contributed by atoms with Gasteiger partial charge in [0, 0.05) is 24.3 Å². The maximum absolute atomic E-state index is 7.71. The molecular formula is C14H16N4S. The SMILES string of the molecule is N=C(N)c1ccncc1N(Cc1ccsc1)C1CC1. The number of rotatable bonds is 5. The van der Waals surface area contributed by atoms with Crippen LogP contribution in [0.4, 0.5) is 5.69 Å². The molecule has 1 aliphatic carbocycles. The molecule has 0 saturated heterocycles. The van der Waals surface area contributed by atoms with Crippen molar-refractivity contribution in [2.45, 2.75) is 25.4 Å². The number of nitrogens with one attached hydrogen (secondary N) is 1. The summed E-state index contributed by atoms with van der Waals surface area (Å²) in [6, 6.07) is 4.52. The lowest BCUT2D eigenvalue weighted by Gasteiger charge is -2.26. The Kier molecular flexibility index (Phi) is 3.21. The van der Waals surface area contributed by atoms with E-state index in [-0.39, 0.29) is 5.84 Å². The molecule has 3 rings (SSSR count). The van der Waals surface area contributed by atoms with Gasteiger partial charge in [-0.15, -0.1) is 0 Å². The van der Waals surface area contributed by atoms with Crippen LogP contribution in [0.3, 0.4) is 0 Å². The molecule has 0 unspecified atom stereocenters. The molecule has 5 heteroatoms. The molecule has 0 radical (unpaired) electrons. The van der Waals surface area contributed by atoms with Crippen LogP contribution in [0.5, 0.6) is 0 Å². The fourth-order valence-electron chi connectivity index (χ4n) is 2.22. The van der Waals surface area contributed by atoms with E-state index in [4.69, 9.17) is 11.1 Å². The van der Waals surface area contributed by atoms with Crippen LogP contribution in [0.2, 0.25) is 0 Å². The second kappa shape index (κ2) is 5.01. The van der Waals surface area contributed by atoms with Crippen molar-refractivity contribution < 1.29 is 0 Å². The van der Waals surface area contributed by atoms with Crippen LogP contribution in [-0.2, 0) is 6.54 Å². The van der Waals surface area contributed by atoms with E-state index < -0.39 is 0 Å². The number of amidine groups is 1. The van der Waals surface area contributed by atoms with Crippen LogP contribution in [0.15, 0.2) is 35.3 Å². The molecule has 19 heavy (non-hydrogen) atoms. The van der Waals surface area contributed by atoms with Crippen molar-refractivity contribution >= 4 is 22.9 Å². The number of pyridine rings is 1. The Morgan fingerprint density at radius 2 is 2.32 bits per heavy atom. The lowest BCUT2D eigenvalue weighted by molar-refractivity contribution is 0.792. The molecule has 0 bridgehead atoms. The van der Waals surface area contributed by atoms with Crippen molar-refractivity contribution in [3.8, 4) is 0 Å². The third-order valence-electron chi connectivity index (χ3n) is 3.32. The Balaban J connectivity index is 1.94. The number of nitrogen functional groups attached to an aromatic ring is 1. The zero-order valence-corrected chi connectivity index (χ0v) is 11.4. The molecule has 2 heterocycles. The topological polar surface area (TPSA) is 66.0 Å². The van der Waals surface area contributed by atoms with Gasteiger partial charge in [0.2, 0.25) is 0 Å². The monoisotopic (exact) mass is 272 g/mol. The van der Waals surface area contributed by atoms with Crippen molar-refractivity contribution in [1.82, 2.24) is 4.98 Å². The molecular weight excluding hydrogens is 256 g/mol. The van der Waals surface area contributed by atoms with Crippen LogP contribution in [-0.4, -0.2) is 16.9 Å². The summed E-state index contributed by atoms with van der Waals surface area (Å²) in [5.41, 5.74) is 8.73. The number of hydrogen-bond donors (Lipinski definition) is 2. The summed E-state index contributed by atoms with van der Waals surface area (Å²) in [7, 11) is 0. The zero-order chi connectivity index (χ0) is 13.2. The van der Waals surface area contributed by atoms with Crippen LogP contribution in [0.25, 0.3) is 0 Å². The Morgan fingerprint density at radius 1 is 1.47 bits per heavy atom. The summed E-state index contributed by atoms with van der Waals surface area (Å²) in [5, 5.41) is 12.0. The molecule has 1 saturated carbocycles. The van der Waals surface area contributed by atoms with Crippen molar-refractivity contribution in [2.75, 3.05) is 4.90 Å². The third kappa shape index (κ3) is 2.61. The van der Waals surface area contributed by atoms with E-state index in [0.717, 1.165) is 17.8 Å². The van der Waals surface area contributed by atoms with Gasteiger partial charge in [-0.1, -0.05) is 0 Å². The molecule has 2 aromatic rings. The molecule has 2 aromatic heterocycles. The lowest BCUT2D eigenvalue weighted by Crippen LogP contribution is -2.28. The highest BCUT2D eigenvalue weighted by Gasteiger charge is 2.31. The molecule has 3 N–H and O–H groups in total. The van der Waals surface area contributed by atoms with Crippen LogP contribution in [0, 0.1) is 5.41 Å². The van der Waals surface area contributed by atoms with E-state index >= 15 is 0 Å². The summed E-state index contributed by atoms with van der Waals surface area (Å²) >= 11 is 1.71. The van der Waals surface area contributed by atoms with Gasteiger partial charge in [-0.3, -0.25) is 10.4 Å². The zero-order valence-electron chi connectivity index (χ0n) is 10.5. The first-order valence-electron chi connectivity index (χ1n) is 6.32. The fraction of sp³-hybridized carbons (Fsp3) is 0.286. The van der Waals surface area contributed by atoms with E-state index in [2.05, 4.69) is 26.7 Å². The smallest absolute Gasteiger partial charge is 0.125 e. The molecule has 1 aliphatic rings. The van der Waals surface area contributed by atoms with Crippen LogP contribution >= 0.6 is 11.3 Å². The Morgan fingerprint density at radius 3 is 2.95 bits per heavy atom. The maximum Gasteiger partial charge on any atom is 0.125 e. The normalized spacial score (nSPS) is 14.3. The highest BCUT2D eigenvalue weighted by Crippen LogP contribution is 2.34. The second-order valence-corrected chi connectivity index (χ2v) is 5.58. The van der Waals surface area contributed by atoms with Gasteiger partial charge in [0.05, 0.1) is 11.9 Å². The van der Waals surface area contributed by atoms with Gasteiger partial charge in [0.1, 0.15) is 5.84 Å². The van der Waals surface area contributed by atoms with E-state index in [1.807, 2.05) is 12.3 Å². The minimum Gasteiger partial charge on any atom is -0.384 e. The van der Waals surface area contributed by atoms with Crippen molar-refractivity contribution in [1.29, 1.82) is 5.41 Å².